The van der Waals surface area contributed by atoms with E-state index in [0.29, 0.717) is 6.54 Å². The smallest absolute Gasteiger partial charge is 0.321 e. The number of rotatable bonds is 18. The number of urea groups is 1. The average molecular weight is 422 g/mol. The lowest BCUT2D eigenvalue weighted by atomic mass is 10.0. The first-order valence-corrected chi connectivity index (χ1v) is 11.9. The van der Waals surface area contributed by atoms with Gasteiger partial charge in [-0.05, 0) is 6.42 Å². The summed E-state index contributed by atoms with van der Waals surface area (Å²) in [5.41, 5.74) is 16.6. The summed E-state index contributed by atoms with van der Waals surface area (Å²) in [6, 6.07) is -0.610. The fourth-order valence-corrected chi connectivity index (χ4v) is 3.64. The Kier molecular flexibility index (Phi) is 14.4. The highest BCUT2D eigenvalue weighted by atomic mass is 16.2. The van der Waals surface area contributed by atoms with Gasteiger partial charge in [0.15, 0.2) is 0 Å². The Balaban J connectivity index is 1.99. The Hall–Kier alpha value is -2.12. The molecule has 0 aromatic carbocycles. The van der Waals surface area contributed by atoms with Crippen LogP contribution in [-0.2, 0) is 0 Å². The second kappa shape index (κ2) is 16.7. The van der Waals surface area contributed by atoms with Gasteiger partial charge in [-0.3, -0.25) is 4.90 Å². The predicted molar refractivity (Wildman–Crippen MR) is 125 cm³/mol. The average Bonchev–Trinajstić information content (AvgIpc) is 2.69. The van der Waals surface area contributed by atoms with E-state index in [0.717, 1.165) is 19.3 Å². The van der Waals surface area contributed by atoms with Crippen LogP contribution in [0.25, 0.3) is 0 Å². The first kappa shape index (κ1) is 25.9. The van der Waals surface area contributed by atoms with Crippen LogP contribution in [0.15, 0.2) is 0 Å². The van der Waals surface area contributed by atoms with Crippen LogP contribution in [-0.4, -0.2) is 27.5 Å². The summed E-state index contributed by atoms with van der Waals surface area (Å²) in [6.07, 6.45) is 20.8. The molecule has 8 nitrogen and oxygen atoms in total. The Morgan fingerprint density at radius 2 is 1.03 bits per heavy atom. The zero-order valence-corrected chi connectivity index (χ0v) is 18.9. The summed E-state index contributed by atoms with van der Waals surface area (Å²) in [6.45, 7) is 2.72. The number of unbranched alkanes of at least 4 members (excludes halogenated alkanes) is 15. The molecule has 0 radical (unpaired) electrons. The van der Waals surface area contributed by atoms with Crippen LogP contribution < -0.4 is 22.1 Å². The fourth-order valence-electron chi connectivity index (χ4n) is 3.64. The van der Waals surface area contributed by atoms with Gasteiger partial charge in [-0.15, -0.1) is 0 Å². The summed E-state index contributed by atoms with van der Waals surface area (Å²) >= 11 is 0. The van der Waals surface area contributed by atoms with Gasteiger partial charge < -0.3 is 17.2 Å². The topological polar surface area (TPSA) is 137 Å². The molecule has 0 aliphatic carbocycles. The van der Waals surface area contributed by atoms with E-state index in [1.165, 1.54) is 88.4 Å². The van der Waals surface area contributed by atoms with E-state index in [9.17, 15) is 4.79 Å². The molecule has 0 fully saturated rings. The highest BCUT2D eigenvalue weighted by Gasteiger charge is 2.16. The molecular formula is C22H43N7O. The third-order valence-corrected chi connectivity index (χ3v) is 5.40. The molecule has 172 valence electrons. The van der Waals surface area contributed by atoms with Crippen LogP contribution in [0.3, 0.4) is 0 Å². The van der Waals surface area contributed by atoms with Crippen molar-refractivity contribution in [1.82, 2.24) is 15.0 Å². The SMILES string of the molecule is CCCCCCCCCCCCCCCCCCN(C(N)=O)c1nc(N)nc(N)n1. The molecule has 1 aromatic heterocycles. The largest absolute Gasteiger partial charge is 0.368 e. The normalized spacial score (nSPS) is 11.0. The number of carbonyl (C=O) groups is 1. The number of carbonyl (C=O) groups excluding carboxylic acids is 1. The van der Waals surface area contributed by atoms with E-state index < -0.39 is 6.03 Å². The molecule has 0 atom stereocenters. The Morgan fingerprint density at radius 1 is 0.667 bits per heavy atom. The van der Waals surface area contributed by atoms with Gasteiger partial charge >= 0.3 is 6.03 Å². The van der Waals surface area contributed by atoms with Crippen LogP contribution in [0.2, 0.25) is 0 Å². The zero-order valence-electron chi connectivity index (χ0n) is 18.9. The maximum Gasteiger partial charge on any atom is 0.321 e. The minimum atomic E-state index is -0.610. The van der Waals surface area contributed by atoms with Gasteiger partial charge in [-0.25, -0.2) is 4.79 Å². The first-order chi connectivity index (χ1) is 14.5. The molecule has 6 N–H and O–H groups in total. The number of amides is 2. The minimum Gasteiger partial charge on any atom is -0.368 e. The number of primary amides is 1. The van der Waals surface area contributed by atoms with Crippen LogP contribution in [0.1, 0.15) is 110 Å². The monoisotopic (exact) mass is 421 g/mol. The van der Waals surface area contributed by atoms with Crippen molar-refractivity contribution in [1.29, 1.82) is 0 Å². The number of aromatic nitrogens is 3. The third-order valence-electron chi connectivity index (χ3n) is 5.40. The van der Waals surface area contributed by atoms with Gasteiger partial charge in [-0.1, -0.05) is 103 Å². The highest BCUT2D eigenvalue weighted by Crippen LogP contribution is 2.15. The van der Waals surface area contributed by atoms with Crippen molar-refractivity contribution < 1.29 is 4.79 Å². The maximum atomic E-state index is 11.7. The molecule has 2 amide bonds. The molecule has 1 aromatic rings. The lowest BCUT2D eigenvalue weighted by molar-refractivity contribution is 0.253. The molecular weight excluding hydrogens is 378 g/mol. The number of nitrogens with two attached hydrogens (primary N) is 3. The van der Waals surface area contributed by atoms with E-state index in [4.69, 9.17) is 17.2 Å². The molecule has 0 aliphatic heterocycles. The van der Waals surface area contributed by atoms with Crippen molar-refractivity contribution >= 4 is 23.9 Å². The van der Waals surface area contributed by atoms with Gasteiger partial charge in [0.25, 0.3) is 0 Å². The summed E-state index contributed by atoms with van der Waals surface area (Å²) in [4.78, 5) is 24.6. The maximum absolute atomic E-state index is 11.7. The molecule has 0 aliphatic rings. The molecule has 0 unspecified atom stereocenters. The molecule has 0 saturated heterocycles. The summed E-state index contributed by atoms with van der Waals surface area (Å²) in [5.74, 6) is 0.0832. The lowest BCUT2D eigenvalue weighted by Crippen LogP contribution is -2.38. The van der Waals surface area contributed by atoms with Crippen molar-refractivity contribution in [2.75, 3.05) is 22.9 Å². The third kappa shape index (κ3) is 12.4. The second-order valence-corrected chi connectivity index (χ2v) is 8.14. The van der Waals surface area contributed by atoms with Crippen molar-refractivity contribution in [3.63, 3.8) is 0 Å². The van der Waals surface area contributed by atoms with Crippen LogP contribution >= 0.6 is 0 Å². The van der Waals surface area contributed by atoms with Crippen molar-refractivity contribution in [2.24, 2.45) is 5.73 Å². The van der Waals surface area contributed by atoms with E-state index >= 15 is 0 Å². The number of nitrogen functional groups attached to an aromatic ring is 2. The van der Waals surface area contributed by atoms with Crippen LogP contribution in [0.5, 0.6) is 0 Å². The molecule has 0 saturated carbocycles. The van der Waals surface area contributed by atoms with Crippen LogP contribution in [0.4, 0.5) is 22.6 Å². The summed E-state index contributed by atoms with van der Waals surface area (Å²) in [7, 11) is 0. The van der Waals surface area contributed by atoms with Gasteiger partial charge in [-0.2, -0.15) is 15.0 Å². The number of hydrogen-bond acceptors (Lipinski definition) is 6. The summed E-state index contributed by atoms with van der Waals surface area (Å²) in [5, 5.41) is 0. The van der Waals surface area contributed by atoms with Crippen molar-refractivity contribution in [2.45, 2.75) is 110 Å². The minimum absolute atomic E-state index is 0.0178. The van der Waals surface area contributed by atoms with Gasteiger partial charge in [0.1, 0.15) is 0 Å². The number of anilines is 3. The van der Waals surface area contributed by atoms with Gasteiger partial charge in [0.2, 0.25) is 17.8 Å². The first-order valence-electron chi connectivity index (χ1n) is 11.9. The molecule has 30 heavy (non-hydrogen) atoms. The molecule has 1 rings (SSSR count). The van der Waals surface area contributed by atoms with E-state index in [1.807, 2.05) is 0 Å². The quantitative estimate of drug-likeness (QED) is 0.279. The number of nitrogens with zero attached hydrogens (tertiary/aromatic N) is 4. The molecule has 0 bridgehead atoms. The van der Waals surface area contributed by atoms with Gasteiger partial charge in [0, 0.05) is 6.54 Å². The Morgan fingerprint density at radius 3 is 1.40 bits per heavy atom. The van der Waals surface area contributed by atoms with E-state index in [1.54, 1.807) is 0 Å². The fraction of sp³-hybridized carbons (Fsp3) is 0.818. The zero-order chi connectivity index (χ0) is 22.0. The van der Waals surface area contributed by atoms with Crippen molar-refractivity contribution in [3.05, 3.63) is 0 Å². The molecule has 1 heterocycles. The van der Waals surface area contributed by atoms with E-state index in [-0.39, 0.29) is 17.8 Å². The highest BCUT2D eigenvalue weighted by molar-refractivity contribution is 5.88. The second-order valence-electron chi connectivity index (χ2n) is 8.14. The van der Waals surface area contributed by atoms with Gasteiger partial charge in [0.05, 0.1) is 0 Å². The number of hydrogen-bond donors (Lipinski definition) is 3. The molecule has 0 spiro atoms. The summed E-state index contributed by atoms with van der Waals surface area (Å²) < 4.78 is 0. The van der Waals surface area contributed by atoms with Crippen LogP contribution in [0, 0.1) is 0 Å². The van der Waals surface area contributed by atoms with Crippen molar-refractivity contribution in [3.8, 4) is 0 Å². The predicted octanol–water partition coefficient (Wildman–Crippen LogP) is 5.18. The lowest BCUT2D eigenvalue weighted by Gasteiger charge is -2.18. The molecule has 8 heteroatoms. The standard InChI is InChI=1S/C22H43N7O/c1-2-3-4-5-6-7-8-9-10-11-12-13-14-15-16-17-18-29(21(25)30)22-27-19(23)26-20(24)28-22/h2-18H2,1H3,(H2,25,30)(H4,23,24,26,27,28). The Bertz CT molecular complexity index is 562. The Labute approximate surface area is 182 Å². The van der Waals surface area contributed by atoms with E-state index in [2.05, 4.69) is 21.9 Å².